The number of carbonyl (C=O) groups is 1. The summed E-state index contributed by atoms with van der Waals surface area (Å²) in [7, 11) is 0. The van der Waals surface area contributed by atoms with E-state index in [0.717, 1.165) is 16.9 Å². The predicted molar refractivity (Wildman–Crippen MR) is 94.5 cm³/mol. The fourth-order valence-electron chi connectivity index (χ4n) is 1.97. The Morgan fingerprint density at radius 1 is 1.00 bits per heavy atom. The predicted octanol–water partition coefficient (Wildman–Crippen LogP) is 4.52. The van der Waals surface area contributed by atoms with Gasteiger partial charge in [0.2, 0.25) is 0 Å². The SMILES string of the molecule is O=C(ON=Cc1ccc(OCc2ccccc2)cc1)c1cccs1. The summed E-state index contributed by atoms with van der Waals surface area (Å²) >= 11 is 1.32. The Kier molecular flexibility index (Phi) is 5.37. The van der Waals surface area contributed by atoms with Gasteiger partial charge in [-0.1, -0.05) is 41.6 Å². The molecule has 0 N–H and O–H groups in total. The highest BCUT2D eigenvalue weighted by atomic mass is 32.1. The Morgan fingerprint density at radius 3 is 2.50 bits per heavy atom. The molecular weight excluding hydrogens is 322 g/mol. The molecule has 0 atom stereocenters. The van der Waals surface area contributed by atoms with E-state index in [0.29, 0.717) is 11.5 Å². The second-order valence-electron chi connectivity index (χ2n) is 4.93. The van der Waals surface area contributed by atoms with E-state index in [-0.39, 0.29) is 0 Å². The van der Waals surface area contributed by atoms with Crippen LogP contribution in [-0.2, 0) is 11.4 Å². The number of nitrogens with zero attached hydrogens (tertiary/aromatic N) is 1. The van der Waals surface area contributed by atoms with Crippen molar-refractivity contribution in [2.45, 2.75) is 6.61 Å². The first-order chi connectivity index (χ1) is 11.8. The molecule has 4 nitrogen and oxygen atoms in total. The summed E-state index contributed by atoms with van der Waals surface area (Å²) < 4.78 is 5.71. The van der Waals surface area contributed by atoms with Crippen LogP contribution in [0.15, 0.2) is 77.3 Å². The van der Waals surface area contributed by atoms with Crippen LogP contribution in [0.5, 0.6) is 5.75 Å². The molecular formula is C19H15NO3S. The van der Waals surface area contributed by atoms with Gasteiger partial charge in [-0.05, 0) is 46.8 Å². The molecule has 0 saturated heterocycles. The maximum atomic E-state index is 11.6. The molecule has 0 saturated carbocycles. The van der Waals surface area contributed by atoms with Gasteiger partial charge in [-0.3, -0.25) is 0 Å². The minimum atomic E-state index is -0.455. The molecule has 0 unspecified atom stereocenters. The Labute approximate surface area is 144 Å². The van der Waals surface area contributed by atoms with Gasteiger partial charge in [-0.2, -0.15) is 0 Å². The van der Waals surface area contributed by atoms with Gasteiger partial charge < -0.3 is 9.57 Å². The fourth-order valence-corrected chi connectivity index (χ4v) is 2.56. The highest BCUT2D eigenvalue weighted by Gasteiger charge is 2.06. The summed E-state index contributed by atoms with van der Waals surface area (Å²) in [6, 6.07) is 20.9. The van der Waals surface area contributed by atoms with E-state index in [1.165, 1.54) is 17.6 Å². The molecule has 3 aromatic rings. The number of benzene rings is 2. The third-order valence-electron chi connectivity index (χ3n) is 3.19. The van der Waals surface area contributed by atoms with Crippen molar-refractivity contribution in [2.75, 3.05) is 0 Å². The number of hydrogen-bond acceptors (Lipinski definition) is 5. The Bertz CT molecular complexity index is 796. The van der Waals surface area contributed by atoms with Crippen LogP contribution in [0.4, 0.5) is 0 Å². The average molecular weight is 337 g/mol. The number of rotatable bonds is 6. The number of ether oxygens (including phenoxy) is 1. The topological polar surface area (TPSA) is 47.9 Å². The van der Waals surface area contributed by atoms with Gasteiger partial charge in [0.25, 0.3) is 0 Å². The van der Waals surface area contributed by atoms with E-state index in [1.807, 2.05) is 60.0 Å². The lowest BCUT2D eigenvalue weighted by atomic mass is 10.2. The molecule has 120 valence electrons. The van der Waals surface area contributed by atoms with Gasteiger partial charge in [0, 0.05) is 0 Å². The number of carbonyl (C=O) groups excluding carboxylic acids is 1. The van der Waals surface area contributed by atoms with E-state index in [2.05, 4.69) is 5.16 Å². The molecule has 0 aliphatic rings. The van der Waals surface area contributed by atoms with Gasteiger partial charge in [0.15, 0.2) is 0 Å². The summed E-state index contributed by atoms with van der Waals surface area (Å²) in [6.07, 6.45) is 1.49. The summed E-state index contributed by atoms with van der Waals surface area (Å²) in [4.78, 5) is 17.0. The molecule has 0 fully saturated rings. The van der Waals surface area contributed by atoms with Crippen molar-refractivity contribution in [2.24, 2.45) is 5.16 Å². The zero-order chi connectivity index (χ0) is 16.6. The average Bonchev–Trinajstić information content (AvgIpc) is 3.17. The lowest BCUT2D eigenvalue weighted by Crippen LogP contribution is -1.98. The van der Waals surface area contributed by atoms with Crippen LogP contribution in [0.1, 0.15) is 20.8 Å². The fraction of sp³-hybridized carbons (Fsp3) is 0.0526. The number of oxime groups is 1. The smallest absolute Gasteiger partial charge is 0.375 e. The van der Waals surface area contributed by atoms with E-state index in [9.17, 15) is 4.79 Å². The highest BCUT2D eigenvalue weighted by Crippen LogP contribution is 2.14. The van der Waals surface area contributed by atoms with E-state index in [1.54, 1.807) is 12.1 Å². The van der Waals surface area contributed by atoms with E-state index >= 15 is 0 Å². The Balaban J connectivity index is 1.51. The maximum Gasteiger partial charge on any atom is 0.375 e. The summed E-state index contributed by atoms with van der Waals surface area (Å²) in [6.45, 7) is 0.521. The highest BCUT2D eigenvalue weighted by molar-refractivity contribution is 7.11. The quantitative estimate of drug-likeness (QED) is 0.377. The summed E-state index contributed by atoms with van der Waals surface area (Å²) in [5.74, 6) is 0.315. The third-order valence-corrected chi connectivity index (χ3v) is 4.04. The van der Waals surface area contributed by atoms with E-state index < -0.39 is 5.97 Å². The summed E-state index contributed by atoms with van der Waals surface area (Å²) in [5.41, 5.74) is 1.93. The lowest BCUT2D eigenvalue weighted by Gasteiger charge is -2.06. The zero-order valence-electron chi connectivity index (χ0n) is 12.8. The van der Waals surface area contributed by atoms with Gasteiger partial charge in [-0.15, -0.1) is 11.3 Å². The van der Waals surface area contributed by atoms with Crippen molar-refractivity contribution in [1.82, 2.24) is 0 Å². The largest absolute Gasteiger partial charge is 0.489 e. The second kappa shape index (κ2) is 8.08. The van der Waals surface area contributed by atoms with Crippen LogP contribution in [0, 0.1) is 0 Å². The standard InChI is InChI=1S/C19H15NO3S/c21-19(18-7-4-12-24-18)23-20-13-15-8-10-17(11-9-15)22-14-16-5-2-1-3-6-16/h1-13H,14H2. The van der Waals surface area contributed by atoms with Crippen molar-refractivity contribution < 1.29 is 14.4 Å². The Morgan fingerprint density at radius 2 is 1.79 bits per heavy atom. The molecule has 1 aromatic heterocycles. The van der Waals surface area contributed by atoms with Crippen LogP contribution in [0.2, 0.25) is 0 Å². The first kappa shape index (κ1) is 16.0. The number of hydrogen-bond donors (Lipinski definition) is 0. The van der Waals surface area contributed by atoms with Gasteiger partial charge in [0.1, 0.15) is 17.2 Å². The lowest BCUT2D eigenvalue weighted by molar-refractivity contribution is 0.0525. The van der Waals surface area contributed by atoms with Crippen LogP contribution in [-0.4, -0.2) is 12.2 Å². The summed E-state index contributed by atoms with van der Waals surface area (Å²) in [5, 5.41) is 5.53. The number of thiophene rings is 1. The van der Waals surface area contributed by atoms with Gasteiger partial charge in [0.05, 0.1) is 6.21 Å². The van der Waals surface area contributed by atoms with Crippen molar-refractivity contribution in [3.8, 4) is 5.75 Å². The third kappa shape index (κ3) is 4.54. The van der Waals surface area contributed by atoms with Crippen LogP contribution in [0.3, 0.4) is 0 Å². The molecule has 0 spiro atoms. The maximum absolute atomic E-state index is 11.6. The van der Waals surface area contributed by atoms with Crippen molar-refractivity contribution in [3.63, 3.8) is 0 Å². The molecule has 0 radical (unpaired) electrons. The first-order valence-electron chi connectivity index (χ1n) is 7.36. The molecule has 1 heterocycles. The molecule has 0 amide bonds. The minimum Gasteiger partial charge on any atom is -0.489 e. The molecule has 0 aliphatic carbocycles. The van der Waals surface area contributed by atoms with E-state index in [4.69, 9.17) is 9.57 Å². The molecule has 24 heavy (non-hydrogen) atoms. The molecule has 0 bridgehead atoms. The monoisotopic (exact) mass is 337 g/mol. The van der Waals surface area contributed by atoms with Crippen LogP contribution >= 0.6 is 11.3 Å². The van der Waals surface area contributed by atoms with Crippen LogP contribution < -0.4 is 4.74 Å². The van der Waals surface area contributed by atoms with Gasteiger partial charge in [-0.25, -0.2) is 4.79 Å². The zero-order valence-corrected chi connectivity index (χ0v) is 13.6. The Hall–Kier alpha value is -2.92. The van der Waals surface area contributed by atoms with Gasteiger partial charge >= 0.3 is 5.97 Å². The normalized spacial score (nSPS) is 10.7. The van der Waals surface area contributed by atoms with Crippen LogP contribution in [0.25, 0.3) is 0 Å². The second-order valence-corrected chi connectivity index (χ2v) is 5.88. The molecule has 5 heteroatoms. The molecule has 3 rings (SSSR count). The first-order valence-corrected chi connectivity index (χ1v) is 8.24. The minimum absolute atomic E-state index is 0.455. The molecule has 0 aliphatic heterocycles. The molecule has 2 aromatic carbocycles. The van der Waals surface area contributed by atoms with Crippen molar-refractivity contribution in [3.05, 3.63) is 88.1 Å². The van der Waals surface area contributed by atoms with Crippen molar-refractivity contribution >= 4 is 23.5 Å². The van der Waals surface area contributed by atoms with Crippen molar-refractivity contribution in [1.29, 1.82) is 0 Å².